The van der Waals surface area contributed by atoms with Gasteiger partial charge < -0.3 is 4.90 Å². The Hall–Kier alpha value is -1.74. The Labute approximate surface area is 175 Å². The van der Waals surface area contributed by atoms with Gasteiger partial charge in [0.1, 0.15) is 4.32 Å². The second-order valence-electron chi connectivity index (χ2n) is 7.33. The number of likely N-dealkylation sites (N-methyl/N-ethyl adjacent to an activating group) is 1. The van der Waals surface area contributed by atoms with Gasteiger partial charge in [-0.3, -0.25) is 19.9 Å². The maximum Gasteiger partial charge on any atom is 0.266 e. The minimum Gasteiger partial charge on any atom is -0.335 e. The molecule has 0 aliphatic carbocycles. The molecule has 0 unspecified atom stereocenters. The molecule has 150 valence electrons. The van der Waals surface area contributed by atoms with Crippen molar-refractivity contribution in [2.45, 2.75) is 19.8 Å². The van der Waals surface area contributed by atoms with Gasteiger partial charge in [-0.1, -0.05) is 53.8 Å². The van der Waals surface area contributed by atoms with Crippen molar-refractivity contribution in [2.75, 3.05) is 39.8 Å². The van der Waals surface area contributed by atoms with E-state index in [1.54, 1.807) is 4.90 Å². The van der Waals surface area contributed by atoms with Crippen LogP contribution < -0.4 is 10.3 Å². The van der Waals surface area contributed by atoms with Crippen molar-refractivity contribution in [3.8, 4) is 0 Å². The van der Waals surface area contributed by atoms with E-state index in [2.05, 4.69) is 12.5 Å². The third-order valence-electron chi connectivity index (χ3n) is 4.93. The summed E-state index contributed by atoms with van der Waals surface area (Å²) in [5, 5.41) is 1.99. The van der Waals surface area contributed by atoms with Crippen LogP contribution in [-0.2, 0) is 9.59 Å². The minimum atomic E-state index is -0.0713. The van der Waals surface area contributed by atoms with Crippen LogP contribution in [0.3, 0.4) is 0 Å². The zero-order valence-corrected chi connectivity index (χ0v) is 18.0. The molecule has 0 saturated carbocycles. The molecule has 0 aromatic heterocycles. The fourth-order valence-corrected chi connectivity index (χ4v) is 4.45. The van der Waals surface area contributed by atoms with Gasteiger partial charge in [-0.05, 0) is 25.0 Å². The highest BCUT2D eigenvalue weighted by molar-refractivity contribution is 8.26. The number of nitrogens with one attached hydrogen (secondary N) is 2. The van der Waals surface area contributed by atoms with Crippen LogP contribution in [0.2, 0.25) is 0 Å². The number of amides is 2. The van der Waals surface area contributed by atoms with Gasteiger partial charge in [-0.25, -0.2) is 5.01 Å². The van der Waals surface area contributed by atoms with E-state index in [0.29, 0.717) is 28.6 Å². The molecule has 1 aromatic carbocycles. The van der Waals surface area contributed by atoms with E-state index in [0.717, 1.165) is 31.7 Å². The highest BCUT2D eigenvalue weighted by Crippen LogP contribution is 2.32. The second-order valence-corrected chi connectivity index (χ2v) is 9.00. The molecule has 2 N–H and O–H groups in total. The third kappa shape index (κ3) is 5.64. The standard InChI is InChI=1S/C20H26N4O2S2/c1-15-5-7-16(8-6-15)14-17-19(26)24(20(27)28-17)9-3-4-18(25)21-23-12-10-22(2)11-13-23/h5-8,14H,3-4,9-13H2,1-2H3,(H,21,25)/p+1/b17-14+. The van der Waals surface area contributed by atoms with Crippen molar-refractivity contribution >= 4 is 46.2 Å². The molecule has 0 atom stereocenters. The molecule has 1 aromatic rings. The zero-order valence-electron chi connectivity index (χ0n) is 16.4. The molecule has 2 aliphatic rings. The van der Waals surface area contributed by atoms with Gasteiger partial charge in [0, 0.05) is 13.0 Å². The lowest BCUT2D eigenvalue weighted by molar-refractivity contribution is -0.884. The molecule has 0 bridgehead atoms. The smallest absolute Gasteiger partial charge is 0.266 e. The van der Waals surface area contributed by atoms with Crippen molar-refractivity contribution in [1.82, 2.24) is 15.3 Å². The number of hydrogen-bond donors (Lipinski definition) is 2. The van der Waals surface area contributed by atoms with E-state index in [4.69, 9.17) is 12.2 Å². The van der Waals surface area contributed by atoms with Gasteiger partial charge in [-0.2, -0.15) is 0 Å². The van der Waals surface area contributed by atoms with Crippen molar-refractivity contribution in [2.24, 2.45) is 0 Å². The first-order chi connectivity index (χ1) is 13.4. The van der Waals surface area contributed by atoms with Crippen LogP contribution in [0.25, 0.3) is 6.08 Å². The molecule has 2 amide bonds. The van der Waals surface area contributed by atoms with Gasteiger partial charge in [0.15, 0.2) is 0 Å². The zero-order chi connectivity index (χ0) is 20.1. The second kappa shape index (κ2) is 9.65. The first-order valence-electron chi connectivity index (χ1n) is 9.60. The molecule has 2 aliphatic heterocycles. The summed E-state index contributed by atoms with van der Waals surface area (Å²) in [4.78, 5) is 28.5. The van der Waals surface area contributed by atoms with Gasteiger partial charge in [0.05, 0.1) is 38.1 Å². The fourth-order valence-electron chi connectivity index (χ4n) is 3.14. The van der Waals surface area contributed by atoms with Gasteiger partial charge >= 0.3 is 0 Å². The van der Waals surface area contributed by atoms with Crippen LogP contribution in [-0.4, -0.2) is 65.8 Å². The SMILES string of the molecule is Cc1ccc(/C=C2/SC(=S)N(CCCC(=O)NN3CC[NH+](C)CC3)C2=O)cc1. The number of quaternary nitrogens is 1. The first-order valence-corrected chi connectivity index (χ1v) is 10.8. The number of thioether (sulfide) groups is 1. The Morgan fingerprint density at radius 3 is 2.64 bits per heavy atom. The monoisotopic (exact) mass is 419 g/mol. The number of thiocarbonyl (C=S) groups is 1. The average Bonchev–Trinajstić information content (AvgIpc) is 2.93. The number of carbonyl (C=O) groups is 2. The predicted octanol–water partition coefficient (Wildman–Crippen LogP) is 0.838. The van der Waals surface area contributed by atoms with Gasteiger partial charge in [0.2, 0.25) is 5.91 Å². The summed E-state index contributed by atoms with van der Waals surface area (Å²) in [7, 11) is 2.16. The normalized spacial score (nSPS) is 20.2. The number of piperazine rings is 1. The van der Waals surface area contributed by atoms with Crippen LogP contribution >= 0.6 is 24.0 Å². The summed E-state index contributed by atoms with van der Waals surface area (Å²) in [6, 6.07) is 8.03. The summed E-state index contributed by atoms with van der Waals surface area (Å²) >= 11 is 6.69. The number of rotatable bonds is 6. The van der Waals surface area contributed by atoms with Crippen molar-refractivity contribution in [1.29, 1.82) is 0 Å². The number of hydrogen-bond acceptors (Lipinski definition) is 5. The Balaban J connectivity index is 1.46. The minimum absolute atomic E-state index is 0.000177. The van der Waals surface area contributed by atoms with E-state index < -0.39 is 0 Å². The molecule has 3 rings (SSSR count). The average molecular weight is 420 g/mol. The fraction of sp³-hybridized carbons (Fsp3) is 0.450. The molecule has 2 heterocycles. The van der Waals surface area contributed by atoms with Crippen LogP contribution in [0.1, 0.15) is 24.0 Å². The predicted molar refractivity (Wildman–Crippen MR) is 117 cm³/mol. The van der Waals surface area contributed by atoms with E-state index in [-0.39, 0.29) is 11.8 Å². The van der Waals surface area contributed by atoms with Crippen LogP contribution in [0, 0.1) is 6.92 Å². The van der Waals surface area contributed by atoms with Crippen LogP contribution in [0.5, 0.6) is 0 Å². The first kappa shape index (κ1) is 21.0. The molecular weight excluding hydrogens is 392 g/mol. The summed E-state index contributed by atoms with van der Waals surface area (Å²) < 4.78 is 0.561. The maximum atomic E-state index is 12.6. The summed E-state index contributed by atoms with van der Waals surface area (Å²) in [6.07, 6.45) is 2.85. The Morgan fingerprint density at radius 2 is 1.96 bits per heavy atom. The lowest BCUT2D eigenvalue weighted by Crippen LogP contribution is -3.12. The van der Waals surface area contributed by atoms with E-state index in [9.17, 15) is 9.59 Å². The Kier molecular flexibility index (Phi) is 7.23. The summed E-state index contributed by atoms with van der Waals surface area (Å²) in [5.41, 5.74) is 5.13. The molecule has 2 saturated heterocycles. The number of carbonyl (C=O) groups excluding carboxylic acids is 2. The largest absolute Gasteiger partial charge is 0.335 e. The Bertz CT molecular complexity index is 771. The maximum absolute atomic E-state index is 12.6. The van der Waals surface area contributed by atoms with E-state index in [1.807, 2.05) is 42.3 Å². The highest BCUT2D eigenvalue weighted by Gasteiger charge is 2.31. The quantitative estimate of drug-likeness (QED) is 0.529. The third-order valence-corrected chi connectivity index (χ3v) is 6.31. The topological polar surface area (TPSA) is 57.1 Å². The van der Waals surface area contributed by atoms with Gasteiger partial charge in [-0.15, -0.1) is 0 Å². The van der Waals surface area contributed by atoms with Gasteiger partial charge in [0.25, 0.3) is 5.91 Å². The molecular formula is C20H27N4O2S2+. The van der Waals surface area contributed by atoms with Crippen LogP contribution in [0.15, 0.2) is 29.2 Å². The number of benzene rings is 1. The van der Waals surface area contributed by atoms with Crippen LogP contribution in [0.4, 0.5) is 0 Å². The number of hydrazine groups is 1. The number of aryl methyl sites for hydroxylation is 1. The summed E-state index contributed by atoms with van der Waals surface area (Å²) in [6.45, 7) is 6.31. The molecule has 0 radical (unpaired) electrons. The van der Waals surface area contributed by atoms with Crippen molar-refractivity contribution in [3.63, 3.8) is 0 Å². The van der Waals surface area contributed by atoms with Crippen molar-refractivity contribution in [3.05, 3.63) is 40.3 Å². The number of nitrogens with zero attached hydrogens (tertiary/aromatic N) is 2. The van der Waals surface area contributed by atoms with E-state index >= 15 is 0 Å². The Morgan fingerprint density at radius 1 is 1.29 bits per heavy atom. The lowest BCUT2D eigenvalue weighted by atomic mass is 10.1. The molecule has 0 spiro atoms. The molecule has 8 heteroatoms. The molecule has 28 heavy (non-hydrogen) atoms. The van der Waals surface area contributed by atoms with E-state index in [1.165, 1.54) is 22.2 Å². The highest BCUT2D eigenvalue weighted by atomic mass is 32.2. The summed E-state index contributed by atoms with van der Waals surface area (Å²) in [5.74, 6) is -0.0711. The molecule has 2 fully saturated rings. The lowest BCUT2D eigenvalue weighted by Gasteiger charge is -2.30. The molecule has 6 nitrogen and oxygen atoms in total. The van der Waals surface area contributed by atoms with Crippen molar-refractivity contribution < 1.29 is 14.5 Å².